The molecular weight excluding hydrogens is 252 g/mol. The molecule has 2 atom stereocenters. The van der Waals surface area contributed by atoms with E-state index in [1.165, 1.54) is 18.4 Å². The van der Waals surface area contributed by atoms with Crippen LogP contribution in [0.4, 0.5) is 0 Å². The van der Waals surface area contributed by atoms with Gasteiger partial charge in [0.05, 0.1) is 6.61 Å². The van der Waals surface area contributed by atoms with Crippen molar-refractivity contribution >= 4 is 5.91 Å². The molecule has 2 unspecified atom stereocenters. The van der Waals surface area contributed by atoms with Crippen molar-refractivity contribution in [3.8, 4) is 0 Å². The number of ether oxygens (including phenoxy) is 1. The minimum atomic E-state index is -0.434. The largest absolute Gasteiger partial charge is 0.363 e. The van der Waals surface area contributed by atoms with E-state index in [-0.39, 0.29) is 5.91 Å². The molecule has 1 aromatic rings. The van der Waals surface area contributed by atoms with Crippen molar-refractivity contribution in [2.45, 2.75) is 37.8 Å². The molecule has 0 aliphatic carbocycles. The lowest BCUT2D eigenvalue weighted by atomic mass is 9.97. The van der Waals surface area contributed by atoms with E-state index in [1.54, 1.807) is 0 Å². The predicted octanol–water partition coefficient (Wildman–Crippen LogP) is 1.56. The molecule has 1 amide bonds. The van der Waals surface area contributed by atoms with Crippen LogP contribution in [-0.4, -0.2) is 31.6 Å². The highest BCUT2D eigenvalue weighted by atomic mass is 16.5. The molecule has 4 heteroatoms. The smallest absolute Gasteiger partial charge is 0.253 e. The summed E-state index contributed by atoms with van der Waals surface area (Å²) < 4.78 is 5.66. The molecule has 108 valence electrons. The lowest BCUT2D eigenvalue weighted by molar-refractivity contribution is -0.134. The predicted molar refractivity (Wildman–Crippen MR) is 77.5 cm³/mol. The Labute approximate surface area is 119 Å². The van der Waals surface area contributed by atoms with Crippen LogP contribution in [-0.2, 0) is 16.0 Å². The molecule has 2 aliphatic rings. The number of hydrogen-bond acceptors (Lipinski definition) is 3. The van der Waals surface area contributed by atoms with Gasteiger partial charge in [-0.05, 0) is 43.4 Å². The van der Waals surface area contributed by atoms with E-state index in [9.17, 15) is 4.79 Å². The zero-order valence-corrected chi connectivity index (χ0v) is 11.7. The Kier molecular flexibility index (Phi) is 4.33. The van der Waals surface area contributed by atoms with Crippen LogP contribution in [0.5, 0.6) is 0 Å². The molecule has 1 fully saturated rings. The minimum Gasteiger partial charge on any atom is -0.363 e. The second kappa shape index (κ2) is 6.37. The van der Waals surface area contributed by atoms with Gasteiger partial charge in [0.2, 0.25) is 0 Å². The number of nitrogens with one attached hydrogen (secondary N) is 2. The van der Waals surface area contributed by atoms with E-state index in [1.807, 2.05) is 18.2 Å². The molecule has 2 aliphatic heterocycles. The third kappa shape index (κ3) is 3.02. The Balaban J connectivity index is 1.55. The molecule has 0 radical (unpaired) electrons. The number of hydrogen-bond donors (Lipinski definition) is 2. The van der Waals surface area contributed by atoms with Crippen LogP contribution in [0.2, 0.25) is 0 Å². The standard InChI is InChI=1S/C16H22N2O2/c19-16(18-10-7-13-5-3-9-17-13)15-14-6-2-1-4-12(14)8-11-20-15/h1-2,4,6,13,15,17H,3,5,7-11H2,(H,18,19). The Morgan fingerprint density at radius 3 is 3.15 bits per heavy atom. The molecule has 20 heavy (non-hydrogen) atoms. The molecule has 2 heterocycles. The van der Waals surface area contributed by atoms with Gasteiger partial charge in [-0.1, -0.05) is 24.3 Å². The number of amides is 1. The molecule has 0 saturated carbocycles. The zero-order valence-electron chi connectivity index (χ0n) is 11.7. The lowest BCUT2D eigenvalue weighted by Gasteiger charge is -2.25. The Morgan fingerprint density at radius 1 is 1.40 bits per heavy atom. The van der Waals surface area contributed by atoms with Crippen LogP contribution < -0.4 is 10.6 Å². The summed E-state index contributed by atoms with van der Waals surface area (Å²) in [5.74, 6) is -0.00449. The van der Waals surface area contributed by atoms with Gasteiger partial charge in [0.25, 0.3) is 5.91 Å². The summed E-state index contributed by atoms with van der Waals surface area (Å²) in [4.78, 5) is 12.3. The molecule has 4 nitrogen and oxygen atoms in total. The second-order valence-corrected chi connectivity index (χ2v) is 5.57. The third-order valence-electron chi connectivity index (χ3n) is 4.19. The molecule has 1 saturated heterocycles. The van der Waals surface area contributed by atoms with Gasteiger partial charge < -0.3 is 15.4 Å². The maximum Gasteiger partial charge on any atom is 0.253 e. The summed E-state index contributed by atoms with van der Waals surface area (Å²) in [6.07, 6.45) is 3.93. The van der Waals surface area contributed by atoms with Gasteiger partial charge >= 0.3 is 0 Å². The van der Waals surface area contributed by atoms with Crippen molar-refractivity contribution < 1.29 is 9.53 Å². The van der Waals surface area contributed by atoms with Crippen LogP contribution in [0.1, 0.15) is 36.5 Å². The van der Waals surface area contributed by atoms with E-state index < -0.39 is 6.10 Å². The van der Waals surface area contributed by atoms with Crippen LogP contribution in [0.3, 0.4) is 0 Å². The summed E-state index contributed by atoms with van der Waals surface area (Å²) in [7, 11) is 0. The van der Waals surface area contributed by atoms with E-state index in [0.29, 0.717) is 12.6 Å². The Bertz CT molecular complexity index is 469. The van der Waals surface area contributed by atoms with E-state index in [0.717, 1.165) is 31.5 Å². The summed E-state index contributed by atoms with van der Waals surface area (Å²) >= 11 is 0. The summed E-state index contributed by atoms with van der Waals surface area (Å²) in [6, 6.07) is 8.63. The van der Waals surface area contributed by atoms with E-state index >= 15 is 0 Å². The van der Waals surface area contributed by atoms with Gasteiger partial charge in [-0.3, -0.25) is 4.79 Å². The number of rotatable bonds is 4. The van der Waals surface area contributed by atoms with Crippen molar-refractivity contribution in [1.29, 1.82) is 0 Å². The number of carbonyl (C=O) groups excluding carboxylic acids is 1. The zero-order chi connectivity index (χ0) is 13.8. The third-order valence-corrected chi connectivity index (χ3v) is 4.19. The van der Waals surface area contributed by atoms with Gasteiger partial charge in [-0.25, -0.2) is 0 Å². The normalized spacial score (nSPS) is 25.2. The SMILES string of the molecule is O=C(NCCC1CCCN1)C1OCCc2ccccc21. The molecule has 0 aromatic heterocycles. The maximum absolute atomic E-state index is 12.3. The molecule has 0 bridgehead atoms. The van der Waals surface area contributed by atoms with E-state index in [4.69, 9.17) is 4.74 Å². The summed E-state index contributed by atoms with van der Waals surface area (Å²) in [5, 5.41) is 6.46. The Morgan fingerprint density at radius 2 is 2.30 bits per heavy atom. The quantitative estimate of drug-likeness (QED) is 0.876. The Hall–Kier alpha value is -1.39. The highest BCUT2D eigenvalue weighted by molar-refractivity contribution is 5.82. The average molecular weight is 274 g/mol. The maximum atomic E-state index is 12.3. The van der Waals surface area contributed by atoms with Crippen LogP contribution >= 0.6 is 0 Å². The van der Waals surface area contributed by atoms with Crippen molar-refractivity contribution in [2.75, 3.05) is 19.7 Å². The molecular formula is C16H22N2O2. The fourth-order valence-electron chi connectivity index (χ4n) is 3.08. The molecule has 2 N–H and O–H groups in total. The number of fused-ring (bicyclic) bond motifs is 1. The topological polar surface area (TPSA) is 50.4 Å². The first-order valence-corrected chi connectivity index (χ1v) is 7.55. The van der Waals surface area contributed by atoms with Crippen LogP contribution in [0, 0.1) is 0 Å². The molecule has 0 spiro atoms. The number of carbonyl (C=O) groups is 1. The number of benzene rings is 1. The van der Waals surface area contributed by atoms with Gasteiger partial charge in [-0.15, -0.1) is 0 Å². The van der Waals surface area contributed by atoms with Crippen molar-refractivity contribution in [1.82, 2.24) is 10.6 Å². The van der Waals surface area contributed by atoms with Gasteiger partial charge in [0.1, 0.15) is 0 Å². The lowest BCUT2D eigenvalue weighted by Crippen LogP contribution is -2.36. The van der Waals surface area contributed by atoms with Gasteiger partial charge in [-0.2, -0.15) is 0 Å². The fourth-order valence-corrected chi connectivity index (χ4v) is 3.08. The van der Waals surface area contributed by atoms with Gasteiger partial charge in [0, 0.05) is 12.6 Å². The molecule has 3 rings (SSSR count). The van der Waals surface area contributed by atoms with E-state index in [2.05, 4.69) is 16.7 Å². The fraction of sp³-hybridized carbons (Fsp3) is 0.562. The van der Waals surface area contributed by atoms with Crippen LogP contribution in [0.25, 0.3) is 0 Å². The summed E-state index contributed by atoms with van der Waals surface area (Å²) in [5.41, 5.74) is 2.26. The average Bonchev–Trinajstić information content (AvgIpc) is 3.00. The van der Waals surface area contributed by atoms with Crippen LogP contribution in [0.15, 0.2) is 24.3 Å². The highest BCUT2D eigenvalue weighted by Gasteiger charge is 2.27. The molecule has 1 aromatic carbocycles. The first kappa shape index (κ1) is 13.6. The van der Waals surface area contributed by atoms with Crippen molar-refractivity contribution in [3.63, 3.8) is 0 Å². The van der Waals surface area contributed by atoms with Crippen molar-refractivity contribution in [2.24, 2.45) is 0 Å². The summed E-state index contributed by atoms with van der Waals surface area (Å²) in [6.45, 7) is 2.45. The van der Waals surface area contributed by atoms with Crippen molar-refractivity contribution in [3.05, 3.63) is 35.4 Å². The first-order chi connectivity index (χ1) is 9.84. The van der Waals surface area contributed by atoms with Gasteiger partial charge in [0.15, 0.2) is 6.10 Å². The first-order valence-electron chi connectivity index (χ1n) is 7.55. The highest BCUT2D eigenvalue weighted by Crippen LogP contribution is 2.26. The second-order valence-electron chi connectivity index (χ2n) is 5.57. The monoisotopic (exact) mass is 274 g/mol. The minimum absolute atomic E-state index is 0.00449.